The van der Waals surface area contributed by atoms with Gasteiger partial charge in [0.15, 0.2) is 0 Å². The van der Waals surface area contributed by atoms with Gasteiger partial charge in [0.25, 0.3) is 0 Å². The predicted octanol–water partition coefficient (Wildman–Crippen LogP) is 2.43. The molecule has 0 bridgehead atoms. The van der Waals surface area contributed by atoms with Crippen molar-refractivity contribution in [3.63, 3.8) is 0 Å². The Hall–Kier alpha value is -2.10. The first-order valence-corrected chi connectivity index (χ1v) is 5.76. The minimum absolute atomic E-state index is 0.471. The molecule has 94 valence electrons. The molecule has 0 spiro atoms. The largest absolute Gasteiger partial charge is 0.487 e. The summed E-state index contributed by atoms with van der Waals surface area (Å²) in [7, 11) is 1.93. The fraction of sp³-hybridized carbons (Fsp3) is 0.286. The molecule has 0 fully saturated rings. The zero-order valence-corrected chi connectivity index (χ0v) is 10.8. The van der Waals surface area contributed by atoms with Crippen molar-refractivity contribution < 1.29 is 9.53 Å². The molecule has 1 aromatic heterocycles. The van der Waals surface area contributed by atoms with E-state index in [4.69, 9.17) is 4.74 Å². The molecule has 4 nitrogen and oxygen atoms in total. The highest BCUT2D eigenvalue weighted by atomic mass is 16.5. The van der Waals surface area contributed by atoms with Gasteiger partial charge in [0, 0.05) is 12.6 Å². The number of rotatable bonds is 4. The van der Waals surface area contributed by atoms with E-state index in [1.807, 2.05) is 37.6 Å². The fourth-order valence-electron chi connectivity index (χ4n) is 1.95. The summed E-state index contributed by atoms with van der Waals surface area (Å²) in [6.07, 6.45) is 4.38. The van der Waals surface area contributed by atoms with Crippen LogP contribution in [0, 0.1) is 13.8 Å². The van der Waals surface area contributed by atoms with Crippen molar-refractivity contribution in [3.05, 3.63) is 47.0 Å². The van der Waals surface area contributed by atoms with Crippen molar-refractivity contribution in [2.45, 2.75) is 20.5 Å². The third-order valence-electron chi connectivity index (χ3n) is 2.90. The maximum atomic E-state index is 10.8. The van der Waals surface area contributed by atoms with Gasteiger partial charge >= 0.3 is 0 Å². The fourth-order valence-corrected chi connectivity index (χ4v) is 1.95. The van der Waals surface area contributed by atoms with Crippen molar-refractivity contribution in [1.82, 2.24) is 9.55 Å². The van der Waals surface area contributed by atoms with E-state index in [1.165, 1.54) is 0 Å². The van der Waals surface area contributed by atoms with Gasteiger partial charge in [-0.3, -0.25) is 4.79 Å². The van der Waals surface area contributed by atoms with E-state index >= 15 is 0 Å². The summed E-state index contributed by atoms with van der Waals surface area (Å²) in [6.45, 7) is 4.36. The van der Waals surface area contributed by atoms with Crippen LogP contribution in [-0.4, -0.2) is 15.8 Å². The summed E-state index contributed by atoms with van der Waals surface area (Å²) >= 11 is 0. The van der Waals surface area contributed by atoms with Gasteiger partial charge in [0.2, 0.25) is 0 Å². The number of aryl methyl sites for hydroxylation is 3. The van der Waals surface area contributed by atoms with E-state index in [0.29, 0.717) is 12.2 Å². The predicted molar refractivity (Wildman–Crippen MR) is 68.8 cm³/mol. The van der Waals surface area contributed by atoms with Crippen LogP contribution in [0.4, 0.5) is 0 Å². The maximum absolute atomic E-state index is 10.8. The number of carbonyl (C=O) groups is 1. The van der Waals surface area contributed by atoms with E-state index in [2.05, 4.69) is 4.98 Å². The summed E-state index contributed by atoms with van der Waals surface area (Å²) in [5, 5.41) is 0. The Bertz CT molecular complexity index is 550. The highest BCUT2D eigenvalue weighted by Gasteiger charge is 2.07. The molecule has 0 aliphatic rings. The minimum atomic E-state index is 0.471. The monoisotopic (exact) mass is 244 g/mol. The van der Waals surface area contributed by atoms with Crippen LogP contribution in [0.25, 0.3) is 0 Å². The second-order valence-electron chi connectivity index (χ2n) is 4.39. The number of hydrogen-bond donors (Lipinski definition) is 0. The third kappa shape index (κ3) is 2.42. The van der Waals surface area contributed by atoms with Crippen molar-refractivity contribution in [2.24, 2.45) is 7.05 Å². The summed E-state index contributed by atoms with van der Waals surface area (Å²) in [5.41, 5.74) is 3.63. The molecule has 0 amide bonds. The molecule has 0 saturated heterocycles. The summed E-state index contributed by atoms with van der Waals surface area (Å²) < 4.78 is 7.74. The van der Waals surface area contributed by atoms with E-state index in [1.54, 1.807) is 12.5 Å². The number of aldehydes is 1. The second kappa shape index (κ2) is 5.04. The molecule has 0 N–H and O–H groups in total. The first-order valence-electron chi connectivity index (χ1n) is 5.76. The minimum Gasteiger partial charge on any atom is -0.487 e. The van der Waals surface area contributed by atoms with E-state index in [9.17, 15) is 4.79 Å². The van der Waals surface area contributed by atoms with Crippen molar-refractivity contribution in [2.75, 3.05) is 0 Å². The lowest BCUT2D eigenvalue weighted by Gasteiger charge is -2.12. The van der Waals surface area contributed by atoms with Gasteiger partial charge in [-0.1, -0.05) is 0 Å². The van der Waals surface area contributed by atoms with Crippen LogP contribution in [-0.2, 0) is 13.7 Å². The number of aromatic nitrogens is 2. The first-order chi connectivity index (χ1) is 8.61. The molecular weight excluding hydrogens is 228 g/mol. The van der Waals surface area contributed by atoms with Gasteiger partial charge < -0.3 is 9.30 Å². The summed E-state index contributed by atoms with van der Waals surface area (Å²) in [4.78, 5) is 14.8. The Kier molecular flexibility index (Phi) is 3.46. The number of ether oxygens (including phenoxy) is 1. The van der Waals surface area contributed by atoms with Gasteiger partial charge in [-0.15, -0.1) is 0 Å². The lowest BCUT2D eigenvalue weighted by atomic mass is 10.1. The molecule has 0 atom stereocenters. The normalized spacial score (nSPS) is 10.4. The van der Waals surface area contributed by atoms with Gasteiger partial charge in [-0.2, -0.15) is 0 Å². The molecule has 0 unspecified atom stereocenters. The number of hydrogen-bond acceptors (Lipinski definition) is 3. The van der Waals surface area contributed by atoms with Crippen molar-refractivity contribution >= 4 is 6.29 Å². The summed E-state index contributed by atoms with van der Waals surface area (Å²) in [5.74, 6) is 0.835. The molecule has 2 rings (SSSR count). The Labute approximate surface area is 106 Å². The average Bonchev–Trinajstić information content (AvgIpc) is 2.73. The standard InChI is InChI=1S/C14H16N2O2/c1-10-4-12(7-17)5-11(2)14(10)18-8-13-6-15-9-16(13)3/h4-7,9H,8H2,1-3H3. The molecule has 1 aromatic carbocycles. The maximum Gasteiger partial charge on any atom is 0.150 e. The van der Waals surface area contributed by atoms with Gasteiger partial charge in [-0.05, 0) is 37.1 Å². The Morgan fingerprint density at radius 1 is 1.33 bits per heavy atom. The number of benzene rings is 1. The molecule has 0 radical (unpaired) electrons. The molecule has 18 heavy (non-hydrogen) atoms. The molecule has 2 aromatic rings. The van der Waals surface area contributed by atoms with Crippen LogP contribution in [0.15, 0.2) is 24.7 Å². The van der Waals surface area contributed by atoms with Crippen LogP contribution in [0.1, 0.15) is 27.2 Å². The lowest BCUT2D eigenvalue weighted by molar-refractivity contribution is 0.112. The van der Waals surface area contributed by atoms with Crippen LogP contribution in [0.3, 0.4) is 0 Å². The topological polar surface area (TPSA) is 44.1 Å². The second-order valence-corrected chi connectivity index (χ2v) is 4.39. The van der Waals surface area contributed by atoms with Gasteiger partial charge in [0.05, 0.1) is 18.2 Å². The zero-order valence-electron chi connectivity index (χ0n) is 10.8. The first kappa shape index (κ1) is 12.4. The molecular formula is C14H16N2O2. The SMILES string of the molecule is Cc1cc(C=O)cc(C)c1OCc1cncn1C. The smallest absolute Gasteiger partial charge is 0.150 e. The van der Waals surface area contributed by atoms with Gasteiger partial charge in [-0.25, -0.2) is 4.98 Å². The molecule has 1 heterocycles. The van der Waals surface area contributed by atoms with Gasteiger partial charge in [0.1, 0.15) is 18.6 Å². The van der Waals surface area contributed by atoms with Crippen molar-refractivity contribution in [3.8, 4) is 5.75 Å². The molecule has 0 aliphatic heterocycles. The molecule has 0 aliphatic carbocycles. The van der Waals surface area contributed by atoms with Crippen LogP contribution in [0.5, 0.6) is 5.75 Å². The van der Waals surface area contributed by atoms with Crippen molar-refractivity contribution in [1.29, 1.82) is 0 Å². The number of nitrogens with zero attached hydrogens (tertiary/aromatic N) is 2. The van der Waals surface area contributed by atoms with Crippen LogP contribution in [0.2, 0.25) is 0 Å². The highest BCUT2D eigenvalue weighted by Crippen LogP contribution is 2.25. The molecule has 0 saturated carbocycles. The lowest BCUT2D eigenvalue weighted by Crippen LogP contribution is -2.03. The molecule has 4 heteroatoms. The van der Waals surface area contributed by atoms with E-state index < -0.39 is 0 Å². The van der Waals surface area contributed by atoms with E-state index in [0.717, 1.165) is 28.9 Å². The number of carbonyl (C=O) groups excluding carboxylic acids is 1. The number of imidazole rings is 1. The Morgan fingerprint density at radius 2 is 2.00 bits per heavy atom. The average molecular weight is 244 g/mol. The summed E-state index contributed by atoms with van der Waals surface area (Å²) in [6, 6.07) is 3.66. The Balaban J connectivity index is 2.19. The van der Waals surface area contributed by atoms with E-state index in [-0.39, 0.29) is 0 Å². The zero-order chi connectivity index (χ0) is 13.1. The van der Waals surface area contributed by atoms with Crippen LogP contribution < -0.4 is 4.74 Å². The third-order valence-corrected chi connectivity index (χ3v) is 2.90. The Morgan fingerprint density at radius 3 is 2.50 bits per heavy atom. The van der Waals surface area contributed by atoms with Crippen LogP contribution >= 0.6 is 0 Å². The highest BCUT2D eigenvalue weighted by molar-refractivity contribution is 5.76. The quantitative estimate of drug-likeness (QED) is 0.776.